The number of ether oxygens (including phenoxy) is 1. The van der Waals surface area contributed by atoms with E-state index in [9.17, 15) is 13.2 Å². The fourth-order valence-corrected chi connectivity index (χ4v) is 1.68. The fraction of sp³-hybridized carbons (Fsp3) is 0.538. The Morgan fingerprint density at radius 1 is 1.06 bits per heavy atom. The second kappa shape index (κ2) is 4.98. The van der Waals surface area contributed by atoms with Crippen LogP contribution in [0.5, 0.6) is 5.75 Å². The minimum absolute atomic E-state index is 0.353. The van der Waals surface area contributed by atoms with Gasteiger partial charge < -0.3 is 4.74 Å². The zero-order valence-electron chi connectivity index (χ0n) is 10.3. The molecule has 4 heteroatoms. The second-order valence-electron chi connectivity index (χ2n) is 4.63. The first-order valence-electron chi connectivity index (χ1n) is 5.61. The standard InChI is InChI=1S/C13H17F3O/c1-4-9-12(2,3)17-11-7-5-10(6-8-11)13(14,15)16/h5-8H,4,9H2,1-3H3. The predicted molar refractivity (Wildman–Crippen MR) is 61.1 cm³/mol. The third-order valence-electron chi connectivity index (χ3n) is 2.43. The van der Waals surface area contributed by atoms with Crippen molar-refractivity contribution < 1.29 is 17.9 Å². The highest BCUT2D eigenvalue weighted by molar-refractivity contribution is 5.29. The smallest absolute Gasteiger partial charge is 0.416 e. The van der Waals surface area contributed by atoms with E-state index in [1.54, 1.807) is 0 Å². The summed E-state index contributed by atoms with van der Waals surface area (Å²) in [5.41, 5.74) is -1.01. The van der Waals surface area contributed by atoms with Gasteiger partial charge in [0.2, 0.25) is 0 Å². The molecule has 0 radical (unpaired) electrons. The quantitative estimate of drug-likeness (QED) is 0.750. The average molecular weight is 246 g/mol. The van der Waals surface area contributed by atoms with Crippen molar-refractivity contribution in [2.24, 2.45) is 0 Å². The molecule has 96 valence electrons. The van der Waals surface area contributed by atoms with Crippen molar-refractivity contribution in [3.8, 4) is 5.75 Å². The van der Waals surface area contributed by atoms with Crippen LogP contribution < -0.4 is 4.74 Å². The van der Waals surface area contributed by atoms with E-state index in [1.165, 1.54) is 12.1 Å². The van der Waals surface area contributed by atoms with Crippen LogP contribution in [0.25, 0.3) is 0 Å². The molecule has 17 heavy (non-hydrogen) atoms. The van der Waals surface area contributed by atoms with Gasteiger partial charge in [-0.1, -0.05) is 13.3 Å². The first-order valence-corrected chi connectivity index (χ1v) is 5.61. The van der Waals surface area contributed by atoms with Crippen molar-refractivity contribution in [2.45, 2.75) is 45.4 Å². The molecular weight excluding hydrogens is 229 g/mol. The molecule has 0 N–H and O–H groups in total. The molecule has 0 heterocycles. The van der Waals surface area contributed by atoms with Crippen LogP contribution in [0.3, 0.4) is 0 Å². The lowest BCUT2D eigenvalue weighted by Crippen LogP contribution is -2.27. The van der Waals surface area contributed by atoms with Gasteiger partial charge in [-0.3, -0.25) is 0 Å². The van der Waals surface area contributed by atoms with E-state index in [0.29, 0.717) is 5.75 Å². The Morgan fingerprint density at radius 2 is 1.59 bits per heavy atom. The monoisotopic (exact) mass is 246 g/mol. The predicted octanol–water partition coefficient (Wildman–Crippen LogP) is 4.66. The molecule has 0 saturated carbocycles. The van der Waals surface area contributed by atoms with E-state index < -0.39 is 11.7 Å². The van der Waals surface area contributed by atoms with Gasteiger partial charge in [0.05, 0.1) is 5.56 Å². The molecule has 0 bridgehead atoms. The van der Waals surface area contributed by atoms with Gasteiger partial charge >= 0.3 is 6.18 Å². The Bertz CT molecular complexity index is 352. The third-order valence-corrected chi connectivity index (χ3v) is 2.43. The summed E-state index contributed by atoms with van der Waals surface area (Å²) in [6, 6.07) is 4.80. The van der Waals surface area contributed by atoms with Gasteiger partial charge in [0.25, 0.3) is 0 Å². The minimum Gasteiger partial charge on any atom is -0.488 e. The number of hydrogen-bond acceptors (Lipinski definition) is 1. The summed E-state index contributed by atoms with van der Waals surface area (Å²) in [5.74, 6) is 0.469. The Hall–Kier alpha value is -1.19. The molecule has 0 aliphatic carbocycles. The van der Waals surface area contributed by atoms with Crippen LogP contribution >= 0.6 is 0 Å². The highest BCUT2D eigenvalue weighted by atomic mass is 19.4. The molecule has 1 nitrogen and oxygen atoms in total. The lowest BCUT2D eigenvalue weighted by atomic mass is 10.0. The maximum absolute atomic E-state index is 12.3. The zero-order chi connectivity index (χ0) is 13.1. The average Bonchev–Trinajstić information content (AvgIpc) is 2.16. The Morgan fingerprint density at radius 3 is 2.00 bits per heavy atom. The summed E-state index contributed by atoms with van der Waals surface area (Å²) in [6.45, 7) is 5.89. The first-order chi connectivity index (χ1) is 7.74. The molecule has 0 atom stereocenters. The Balaban J connectivity index is 2.75. The zero-order valence-corrected chi connectivity index (χ0v) is 10.3. The van der Waals surface area contributed by atoms with E-state index in [4.69, 9.17) is 4.74 Å². The molecule has 1 aromatic carbocycles. The van der Waals surface area contributed by atoms with Crippen LogP contribution in [0.1, 0.15) is 39.2 Å². The number of halogens is 3. The van der Waals surface area contributed by atoms with Crippen LogP contribution in [-0.4, -0.2) is 5.60 Å². The number of rotatable bonds is 4. The van der Waals surface area contributed by atoms with Gasteiger partial charge in [-0.15, -0.1) is 0 Å². The van der Waals surface area contributed by atoms with E-state index in [0.717, 1.165) is 25.0 Å². The Kier molecular flexibility index (Phi) is 4.07. The molecule has 1 aromatic rings. The summed E-state index contributed by atoms with van der Waals surface area (Å²) >= 11 is 0. The summed E-state index contributed by atoms with van der Waals surface area (Å²) in [6.07, 6.45) is -2.47. The van der Waals surface area contributed by atoms with Gasteiger partial charge in [0.1, 0.15) is 11.4 Å². The van der Waals surface area contributed by atoms with Gasteiger partial charge in [-0.25, -0.2) is 0 Å². The van der Waals surface area contributed by atoms with Crippen molar-refractivity contribution in [3.63, 3.8) is 0 Å². The third kappa shape index (κ3) is 4.29. The molecule has 0 aliphatic heterocycles. The molecule has 0 saturated heterocycles. The van der Waals surface area contributed by atoms with Crippen LogP contribution in [0, 0.1) is 0 Å². The molecule has 0 amide bonds. The summed E-state index contributed by atoms with van der Waals surface area (Å²) in [4.78, 5) is 0. The van der Waals surface area contributed by atoms with Crippen molar-refractivity contribution in [3.05, 3.63) is 29.8 Å². The summed E-state index contributed by atoms with van der Waals surface area (Å²) < 4.78 is 42.7. The van der Waals surface area contributed by atoms with Crippen LogP contribution in [0.4, 0.5) is 13.2 Å². The highest BCUT2D eigenvalue weighted by Crippen LogP contribution is 2.31. The fourth-order valence-electron chi connectivity index (χ4n) is 1.68. The molecule has 0 unspecified atom stereocenters. The topological polar surface area (TPSA) is 9.23 Å². The van der Waals surface area contributed by atoms with Crippen molar-refractivity contribution in [1.29, 1.82) is 0 Å². The van der Waals surface area contributed by atoms with Gasteiger partial charge in [-0.05, 0) is 44.5 Å². The molecule has 0 fully saturated rings. The van der Waals surface area contributed by atoms with Crippen molar-refractivity contribution >= 4 is 0 Å². The molecule has 0 spiro atoms. The molecule has 0 aliphatic rings. The highest BCUT2D eigenvalue weighted by Gasteiger charge is 2.30. The summed E-state index contributed by atoms with van der Waals surface area (Å²) in [7, 11) is 0. The maximum atomic E-state index is 12.3. The van der Waals surface area contributed by atoms with E-state index >= 15 is 0 Å². The van der Waals surface area contributed by atoms with Gasteiger partial charge in [0.15, 0.2) is 0 Å². The van der Waals surface area contributed by atoms with Crippen molar-refractivity contribution in [1.82, 2.24) is 0 Å². The van der Waals surface area contributed by atoms with Crippen LogP contribution in [-0.2, 0) is 6.18 Å². The van der Waals surface area contributed by atoms with Gasteiger partial charge in [-0.2, -0.15) is 13.2 Å². The molecule has 0 aromatic heterocycles. The minimum atomic E-state index is -4.29. The van der Waals surface area contributed by atoms with Crippen LogP contribution in [0.15, 0.2) is 24.3 Å². The SMILES string of the molecule is CCCC(C)(C)Oc1ccc(C(F)(F)F)cc1. The largest absolute Gasteiger partial charge is 0.488 e. The second-order valence-corrected chi connectivity index (χ2v) is 4.63. The number of benzene rings is 1. The normalized spacial score (nSPS) is 12.6. The van der Waals surface area contributed by atoms with Crippen molar-refractivity contribution in [2.75, 3.05) is 0 Å². The Labute approximate surface area is 99.6 Å². The molecular formula is C13H17F3O. The maximum Gasteiger partial charge on any atom is 0.416 e. The summed E-state index contributed by atoms with van der Waals surface area (Å²) in [5, 5.41) is 0. The van der Waals surface area contributed by atoms with E-state index in [-0.39, 0.29) is 5.60 Å². The first kappa shape index (κ1) is 13.9. The van der Waals surface area contributed by atoms with E-state index in [2.05, 4.69) is 0 Å². The lowest BCUT2D eigenvalue weighted by molar-refractivity contribution is -0.137. The molecule has 1 rings (SSSR count). The number of alkyl halides is 3. The lowest BCUT2D eigenvalue weighted by Gasteiger charge is -2.26. The number of hydrogen-bond donors (Lipinski definition) is 0. The van der Waals surface area contributed by atoms with E-state index in [1.807, 2.05) is 20.8 Å². The van der Waals surface area contributed by atoms with Crippen LogP contribution in [0.2, 0.25) is 0 Å². The van der Waals surface area contributed by atoms with Gasteiger partial charge in [0, 0.05) is 0 Å².